The zero-order valence-corrected chi connectivity index (χ0v) is 15.7. The Kier molecular flexibility index (Phi) is 6.97. The molecule has 1 aromatic carbocycles. The van der Waals surface area contributed by atoms with Crippen molar-refractivity contribution in [3.63, 3.8) is 0 Å². The van der Waals surface area contributed by atoms with Gasteiger partial charge in [-0.15, -0.1) is 0 Å². The fraction of sp³-hybridized carbons (Fsp3) is 0.400. The van der Waals surface area contributed by atoms with Gasteiger partial charge in [-0.2, -0.15) is 0 Å². The van der Waals surface area contributed by atoms with E-state index in [2.05, 4.69) is 0 Å². The summed E-state index contributed by atoms with van der Waals surface area (Å²) in [6, 6.07) is 7.37. The molecule has 1 heterocycles. The molecule has 2 rings (SSSR count). The van der Waals surface area contributed by atoms with Gasteiger partial charge in [-0.1, -0.05) is 12.1 Å². The molecule has 1 aliphatic rings. The molecule has 1 aliphatic heterocycles. The van der Waals surface area contributed by atoms with Crippen molar-refractivity contribution >= 4 is 18.0 Å². The van der Waals surface area contributed by atoms with Gasteiger partial charge in [0.05, 0.1) is 24.9 Å². The molecule has 0 bridgehead atoms. The van der Waals surface area contributed by atoms with Crippen LogP contribution in [0.1, 0.15) is 25.8 Å². The number of ether oxygens (including phenoxy) is 3. The van der Waals surface area contributed by atoms with E-state index in [1.807, 2.05) is 31.2 Å². The van der Waals surface area contributed by atoms with Crippen LogP contribution in [0.2, 0.25) is 0 Å². The number of nitrogens with zero attached hydrogens (tertiary/aromatic N) is 1. The Morgan fingerprint density at radius 3 is 2.46 bits per heavy atom. The lowest BCUT2D eigenvalue weighted by molar-refractivity contribution is -0.136. The minimum atomic E-state index is -0.512. The maximum Gasteiger partial charge on any atom is 0.340 e. The molecule has 0 radical (unpaired) electrons. The molecule has 140 valence electrons. The molecule has 0 atom stereocenters. The molecule has 1 aromatic rings. The third-order valence-electron chi connectivity index (χ3n) is 4.13. The standard InChI is InChI=1S/C20H25NO5/c1-5-26-16-9-7-15(8-10-16)13-17-18(20(23)25-4)14(2)21(19(17)22)11-6-12-24-3/h7-10,13H,5-6,11-12H2,1-4H3/b17-13-. The minimum Gasteiger partial charge on any atom is -0.494 e. The average molecular weight is 359 g/mol. The van der Waals surface area contributed by atoms with Gasteiger partial charge >= 0.3 is 5.97 Å². The Labute approximate surface area is 154 Å². The molecule has 26 heavy (non-hydrogen) atoms. The van der Waals surface area contributed by atoms with Gasteiger partial charge in [0.1, 0.15) is 5.75 Å². The van der Waals surface area contributed by atoms with Crippen molar-refractivity contribution in [2.45, 2.75) is 20.3 Å². The topological polar surface area (TPSA) is 65.1 Å². The second-order valence-electron chi connectivity index (χ2n) is 5.82. The van der Waals surface area contributed by atoms with Crippen LogP contribution in [0.15, 0.2) is 41.1 Å². The monoisotopic (exact) mass is 359 g/mol. The number of hydrogen-bond acceptors (Lipinski definition) is 5. The molecule has 0 aromatic heterocycles. The number of carbonyl (C=O) groups is 2. The number of benzene rings is 1. The first kappa shape index (κ1) is 19.7. The maximum atomic E-state index is 12.9. The molecule has 0 N–H and O–H groups in total. The van der Waals surface area contributed by atoms with Gasteiger partial charge in [0, 0.05) is 26.0 Å². The summed E-state index contributed by atoms with van der Waals surface area (Å²) in [6.07, 6.45) is 2.40. The van der Waals surface area contributed by atoms with Crippen molar-refractivity contribution in [3.05, 3.63) is 46.7 Å². The van der Waals surface area contributed by atoms with Crippen LogP contribution in [-0.2, 0) is 19.1 Å². The smallest absolute Gasteiger partial charge is 0.340 e. The van der Waals surface area contributed by atoms with E-state index in [1.54, 1.807) is 25.0 Å². The summed E-state index contributed by atoms with van der Waals surface area (Å²) in [7, 11) is 2.93. The quantitative estimate of drug-likeness (QED) is 0.406. The molecule has 6 heteroatoms. The molecule has 0 aliphatic carbocycles. The van der Waals surface area contributed by atoms with E-state index in [4.69, 9.17) is 14.2 Å². The molecule has 6 nitrogen and oxygen atoms in total. The SMILES string of the molecule is CCOc1ccc(/C=C2\C(=O)N(CCCOC)C(C)=C2C(=O)OC)cc1. The van der Waals surface area contributed by atoms with Gasteiger partial charge < -0.3 is 19.1 Å². The molecular formula is C20H25NO5. The van der Waals surface area contributed by atoms with E-state index in [1.165, 1.54) is 7.11 Å². The van der Waals surface area contributed by atoms with Crippen molar-refractivity contribution in [2.75, 3.05) is 34.0 Å². The second kappa shape index (κ2) is 9.20. The van der Waals surface area contributed by atoms with Crippen molar-refractivity contribution in [1.82, 2.24) is 4.90 Å². The van der Waals surface area contributed by atoms with Gasteiger partial charge in [0.15, 0.2) is 0 Å². The van der Waals surface area contributed by atoms with Crippen molar-refractivity contribution in [3.8, 4) is 5.75 Å². The first-order chi connectivity index (χ1) is 12.5. The Bertz CT molecular complexity index is 718. The lowest BCUT2D eigenvalue weighted by Gasteiger charge is -2.17. The summed E-state index contributed by atoms with van der Waals surface area (Å²) in [5.74, 6) is 0.0451. The van der Waals surface area contributed by atoms with Gasteiger partial charge in [-0.05, 0) is 44.0 Å². The van der Waals surface area contributed by atoms with Crippen LogP contribution in [0.25, 0.3) is 6.08 Å². The Morgan fingerprint density at radius 2 is 1.88 bits per heavy atom. The number of amides is 1. The third kappa shape index (κ3) is 4.32. The van der Waals surface area contributed by atoms with Crippen LogP contribution < -0.4 is 4.74 Å². The maximum absolute atomic E-state index is 12.9. The van der Waals surface area contributed by atoms with E-state index in [0.29, 0.717) is 43.0 Å². The summed E-state index contributed by atoms with van der Waals surface area (Å²) in [5.41, 5.74) is 2.07. The highest BCUT2D eigenvalue weighted by Crippen LogP contribution is 2.31. The fourth-order valence-corrected chi connectivity index (χ4v) is 2.86. The number of rotatable bonds is 8. The van der Waals surface area contributed by atoms with Crippen LogP contribution in [0, 0.1) is 0 Å². The highest BCUT2D eigenvalue weighted by atomic mass is 16.5. The molecule has 0 saturated carbocycles. The number of carbonyl (C=O) groups excluding carboxylic acids is 2. The predicted molar refractivity (Wildman–Crippen MR) is 98.5 cm³/mol. The highest BCUT2D eigenvalue weighted by molar-refractivity contribution is 6.16. The Morgan fingerprint density at radius 1 is 1.19 bits per heavy atom. The summed E-state index contributed by atoms with van der Waals surface area (Å²) in [5, 5.41) is 0. The number of methoxy groups -OCH3 is 2. The van der Waals surface area contributed by atoms with E-state index >= 15 is 0 Å². The first-order valence-corrected chi connectivity index (χ1v) is 8.58. The van der Waals surface area contributed by atoms with E-state index in [9.17, 15) is 9.59 Å². The third-order valence-corrected chi connectivity index (χ3v) is 4.13. The lowest BCUT2D eigenvalue weighted by Crippen LogP contribution is -2.26. The fourth-order valence-electron chi connectivity index (χ4n) is 2.86. The molecular weight excluding hydrogens is 334 g/mol. The van der Waals surface area contributed by atoms with Crippen molar-refractivity contribution in [2.24, 2.45) is 0 Å². The zero-order valence-electron chi connectivity index (χ0n) is 15.7. The Balaban J connectivity index is 2.34. The van der Waals surface area contributed by atoms with Gasteiger partial charge in [-0.25, -0.2) is 4.79 Å². The second-order valence-corrected chi connectivity index (χ2v) is 5.82. The molecule has 0 unspecified atom stereocenters. The predicted octanol–water partition coefficient (Wildman–Crippen LogP) is 2.79. The van der Waals surface area contributed by atoms with Gasteiger partial charge in [-0.3, -0.25) is 4.79 Å². The first-order valence-electron chi connectivity index (χ1n) is 8.58. The summed E-state index contributed by atoms with van der Waals surface area (Å²) < 4.78 is 15.4. The van der Waals surface area contributed by atoms with E-state index < -0.39 is 5.97 Å². The number of esters is 1. The van der Waals surface area contributed by atoms with Crippen molar-refractivity contribution < 1.29 is 23.8 Å². The lowest BCUT2D eigenvalue weighted by atomic mass is 10.0. The van der Waals surface area contributed by atoms with Gasteiger partial charge in [0.25, 0.3) is 5.91 Å². The molecule has 0 spiro atoms. The molecule has 0 saturated heterocycles. The highest BCUT2D eigenvalue weighted by Gasteiger charge is 2.36. The van der Waals surface area contributed by atoms with Crippen LogP contribution in [0.3, 0.4) is 0 Å². The van der Waals surface area contributed by atoms with Crippen LogP contribution in [0.4, 0.5) is 0 Å². The van der Waals surface area contributed by atoms with E-state index in [0.717, 1.165) is 11.3 Å². The minimum absolute atomic E-state index is 0.201. The van der Waals surface area contributed by atoms with Crippen LogP contribution >= 0.6 is 0 Å². The normalized spacial score (nSPS) is 15.8. The van der Waals surface area contributed by atoms with Gasteiger partial charge in [0.2, 0.25) is 0 Å². The summed E-state index contributed by atoms with van der Waals surface area (Å²) >= 11 is 0. The average Bonchev–Trinajstić information content (AvgIpc) is 2.87. The molecule has 1 amide bonds. The largest absolute Gasteiger partial charge is 0.494 e. The van der Waals surface area contributed by atoms with E-state index in [-0.39, 0.29) is 5.91 Å². The molecule has 0 fully saturated rings. The summed E-state index contributed by atoms with van der Waals surface area (Å²) in [6.45, 7) is 5.30. The van der Waals surface area contributed by atoms with Crippen LogP contribution in [0.5, 0.6) is 5.75 Å². The number of allylic oxidation sites excluding steroid dienone is 1. The zero-order chi connectivity index (χ0) is 19.1. The van der Waals surface area contributed by atoms with Crippen LogP contribution in [-0.4, -0.2) is 50.8 Å². The Hall–Kier alpha value is -2.60. The van der Waals surface area contributed by atoms with Crippen molar-refractivity contribution in [1.29, 1.82) is 0 Å². The number of hydrogen-bond donors (Lipinski definition) is 0. The summed E-state index contributed by atoms with van der Waals surface area (Å²) in [4.78, 5) is 26.7.